The van der Waals surface area contributed by atoms with Gasteiger partial charge >= 0.3 is 0 Å². The minimum Gasteiger partial charge on any atom is -0.289 e. The molecule has 1 nitrogen and oxygen atoms in total. The topological polar surface area (TPSA) is 17.1 Å². The highest BCUT2D eigenvalue weighted by Crippen LogP contribution is 2.22. The molecule has 3 rings (SSSR count). The maximum Gasteiger partial charge on any atom is 0.193 e. The van der Waals surface area contributed by atoms with E-state index < -0.39 is 0 Å². The first-order valence-corrected chi connectivity index (χ1v) is 7.79. The molecule has 0 N–H and O–H groups in total. The lowest BCUT2D eigenvalue weighted by molar-refractivity contribution is 0.103. The zero-order valence-electron chi connectivity index (χ0n) is 11.8. The number of rotatable bonds is 3. The van der Waals surface area contributed by atoms with Crippen LogP contribution < -0.4 is 0 Å². The van der Waals surface area contributed by atoms with Crippen LogP contribution in [0.25, 0.3) is 10.8 Å². The monoisotopic (exact) mass is 338 g/mol. The molecule has 0 spiro atoms. The number of carbonyl (C=O) groups excluding carboxylic acids is 1. The molecule has 3 aromatic rings. The highest BCUT2D eigenvalue weighted by atomic mass is 79.9. The van der Waals surface area contributed by atoms with Crippen LogP contribution in [0.15, 0.2) is 65.1 Å². The predicted octanol–water partition coefficient (Wildman–Crippen LogP) is 5.40. The Hall–Kier alpha value is -1.93. The van der Waals surface area contributed by atoms with Crippen molar-refractivity contribution in [2.45, 2.75) is 13.3 Å². The van der Waals surface area contributed by atoms with Gasteiger partial charge in [0.2, 0.25) is 0 Å². The minimum atomic E-state index is 0.0788. The number of fused-ring (bicyclic) bond motifs is 1. The molecule has 0 atom stereocenters. The summed E-state index contributed by atoms with van der Waals surface area (Å²) in [6, 6.07) is 19.8. The molecule has 0 aliphatic heterocycles. The molecule has 0 radical (unpaired) electrons. The van der Waals surface area contributed by atoms with Crippen molar-refractivity contribution in [1.29, 1.82) is 0 Å². The summed E-state index contributed by atoms with van der Waals surface area (Å²) in [4.78, 5) is 12.6. The molecule has 21 heavy (non-hydrogen) atoms. The molecular weight excluding hydrogens is 324 g/mol. The number of halogens is 1. The van der Waals surface area contributed by atoms with Crippen molar-refractivity contribution in [2.24, 2.45) is 0 Å². The van der Waals surface area contributed by atoms with Crippen LogP contribution in [0.1, 0.15) is 28.4 Å². The van der Waals surface area contributed by atoms with Crippen LogP contribution in [0, 0.1) is 0 Å². The van der Waals surface area contributed by atoms with Gasteiger partial charge in [0.25, 0.3) is 0 Å². The molecule has 2 heteroatoms. The van der Waals surface area contributed by atoms with E-state index in [1.807, 2.05) is 48.5 Å². The first-order valence-electron chi connectivity index (χ1n) is 7.00. The lowest BCUT2D eigenvalue weighted by atomic mass is 9.98. The largest absolute Gasteiger partial charge is 0.289 e. The molecule has 0 fully saturated rings. The van der Waals surface area contributed by atoms with Crippen LogP contribution in [0.3, 0.4) is 0 Å². The van der Waals surface area contributed by atoms with Crippen molar-refractivity contribution >= 4 is 32.5 Å². The Morgan fingerprint density at radius 1 is 0.905 bits per heavy atom. The average Bonchev–Trinajstić information content (AvgIpc) is 2.53. The minimum absolute atomic E-state index is 0.0788. The number of ketones is 1. The van der Waals surface area contributed by atoms with Crippen LogP contribution in [0.2, 0.25) is 0 Å². The SMILES string of the molecule is CCc1cccc(C(=O)c2ccc3cc(Br)ccc3c2)c1. The van der Waals surface area contributed by atoms with Crippen molar-refractivity contribution in [2.75, 3.05) is 0 Å². The molecule has 0 saturated carbocycles. The fraction of sp³-hybridized carbons (Fsp3) is 0.105. The molecule has 0 bridgehead atoms. The molecule has 0 saturated heterocycles. The number of carbonyl (C=O) groups is 1. The van der Waals surface area contributed by atoms with E-state index in [4.69, 9.17) is 0 Å². The van der Waals surface area contributed by atoms with E-state index in [1.165, 1.54) is 5.56 Å². The summed E-state index contributed by atoms with van der Waals surface area (Å²) in [5, 5.41) is 2.21. The molecule has 0 heterocycles. The summed E-state index contributed by atoms with van der Waals surface area (Å²) in [5.74, 6) is 0.0788. The maximum absolute atomic E-state index is 12.6. The second kappa shape index (κ2) is 5.82. The third-order valence-electron chi connectivity index (χ3n) is 3.66. The summed E-state index contributed by atoms with van der Waals surface area (Å²) < 4.78 is 1.05. The molecule has 0 amide bonds. The Balaban J connectivity index is 2.02. The fourth-order valence-electron chi connectivity index (χ4n) is 2.46. The van der Waals surface area contributed by atoms with Gasteiger partial charge in [-0.15, -0.1) is 0 Å². The second-order valence-electron chi connectivity index (χ2n) is 5.09. The van der Waals surface area contributed by atoms with Crippen molar-refractivity contribution in [3.8, 4) is 0 Å². The lowest BCUT2D eigenvalue weighted by Gasteiger charge is -2.05. The smallest absolute Gasteiger partial charge is 0.193 e. The van der Waals surface area contributed by atoms with Crippen LogP contribution in [-0.4, -0.2) is 5.78 Å². The highest BCUT2D eigenvalue weighted by Gasteiger charge is 2.10. The Morgan fingerprint density at radius 3 is 2.43 bits per heavy atom. The zero-order chi connectivity index (χ0) is 14.8. The van der Waals surface area contributed by atoms with Crippen molar-refractivity contribution in [3.63, 3.8) is 0 Å². The number of aryl methyl sites for hydroxylation is 1. The van der Waals surface area contributed by atoms with Crippen LogP contribution in [-0.2, 0) is 6.42 Å². The van der Waals surface area contributed by atoms with Gasteiger partial charge in [-0.05, 0) is 47.0 Å². The summed E-state index contributed by atoms with van der Waals surface area (Å²) in [6.07, 6.45) is 0.937. The zero-order valence-corrected chi connectivity index (χ0v) is 13.4. The molecule has 0 aliphatic carbocycles. The lowest BCUT2D eigenvalue weighted by Crippen LogP contribution is -2.01. The van der Waals surface area contributed by atoms with E-state index in [2.05, 4.69) is 35.0 Å². The molecule has 3 aromatic carbocycles. The molecule has 104 valence electrons. The predicted molar refractivity (Wildman–Crippen MR) is 90.9 cm³/mol. The standard InChI is InChI=1S/C19H15BrO/c1-2-13-4-3-5-16(10-13)19(21)17-7-6-15-12-18(20)9-8-14(15)11-17/h3-12H,2H2,1H3. The summed E-state index contributed by atoms with van der Waals surface area (Å²) in [7, 11) is 0. The average molecular weight is 339 g/mol. The number of hydrogen-bond acceptors (Lipinski definition) is 1. The van der Waals surface area contributed by atoms with E-state index >= 15 is 0 Å². The van der Waals surface area contributed by atoms with Gasteiger partial charge in [0.05, 0.1) is 0 Å². The quantitative estimate of drug-likeness (QED) is 0.584. The Labute approximate surface area is 132 Å². The molecule has 0 unspecified atom stereocenters. The highest BCUT2D eigenvalue weighted by molar-refractivity contribution is 9.10. The maximum atomic E-state index is 12.6. The van der Waals surface area contributed by atoms with E-state index in [0.29, 0.717) is 0 Å². The molecular formula is C19H15BrO. The van der Waals surface area contributed by atoms with Gasteiger partial charge in [0.15, 0.2) is 5.78 Å². The Kier molecular flexibility index (Phi) is 3.89. The van der Waals surface area contributed by atoms with E-state index in [1.54, 1.807) is 0 Å². The van der Waals surface area contributed by atoms with E-state index in [-0.39, 0.29) is 5.78 Å². The van der Waals surface area contributed by atoms with Gasteiger partial charge in [-0.3, -0.25) is 4.79 Å². The Morgan fingerprint density at radius 2 is 1.62 bits per heavy atom. The van der Waals surface area contributed by atoms with Gasteiger partial charge < -0.3 is 0 Å². The van der Waals surface area contributed by atoms with Crippen LogP contribution in [0.4, 0.5) is 0 Å². The van der Waals surface area contributed by atoms with Crippen LogP contribution >= 0.6 is 15.9 Å². The first-order chi connectivity index (χ1) is 10.2. The normalized spacial score (nSPS) is 10.8. The summed E-state index contributed by atoms with van der Waals surface area (Å²) in [5.41, 5.74) is 2.68. The first kappa shape index (κ1) is 14.0. The van der Waals surface area contributed by atoms with Crippen molar-refractivity contribution < 1.29 is 4.79 Å². The van der Waals surface area contributed by atoms with E-state index in [9.17, 15) is 4.79 Å². The Bertz CT molecular complexity index is 821. The van der Waals surface area contributed by atoms with Gasteiger partial charge in [0.1, 0.15) is 0 Å². The summed E-state index contributed by atoms with van der Waals surface area (Å²) >= 11 is 3.47. The van der Waals surface area contributed by atoms with Gasteiger partial charge in [-0.2, -0.15) is 0 Å². The summed E-state index contributed by atoms with van der Waals surface area (Å²) in [6.45, 7) is 2.09. The van der Waals surface area contributed by atoms with Crippen LogP contribution in [0.5, 0.6) is 0 Å². The number of hydrogen-bond donors (Lipinski definition) is 0. The van der Waals surface area contributed by atoms with Crippen molar-refractivity contribution in [1.82, 2.24) is 0 Å². The third-order valence-corrected chi connectivity index (χ3v) is 4.16. The van der Waals surface area contributed by atoms with E-state index in [0.717, 1.165) is 32.8 Å². The fourth-order valence-corrected chi connectivity index (χ4v) is 2.84. The van der Waals surface area contributed by atoms with Gasteiger partial charge in [0, 0.05) is 15.6 Å². The number of benzene rings is 3. The molecule has 0 aliphatic rings. The van der Waals surface area contributed by atoms with Gasteiger partial charge in [-0.1, -0.05) is 59.3 Å². The second-order valence-corrected chi connectivity index (χ2v) is 6.00. The third kappa shape index (κ3) is 2.91. The van der Waals surface area contributed by atoms with Crippen molar-refractivity contribution in [3.05, 3.63) is 81.8 Å². The van der Waals surface area contributed by atoms with Gasteiger partial charge in [-0.25, -0.2) is 0 Å². The molecule has 0 aromatic heterocycles.